The molecule has 1 fully saturated rings. The highest BCUT2D eigenvalue weighted by Gasteiger charge is 2.31. The summed E-state index contributed by atoms with van der Waals surface area (Å²) in [4.78, 5) is 0.341. The molecule has 1 saturated heterocycles. The predicted molar refractivity (Wildman–Crippen MR) is 119 cm³/mol. The van der Waals surface area contributed by atoms with E-state index in [9.17, 15) is 16.8 Å². The normalized spacial score (nSPS) is 21.0. The third kappa shape index (κ3) is 5.04. The molecule has 0 bridgehead atoms. The fourth-order valence-corrected chi connectivity index (χ4v) is 6.63. The van der Waals surface area contributed by atoms with Gasteiger partial charge in [-0.3, -0.25) is 4.72 Å². The van der Waals surface area contributed by atoms with Crippen LogP contribution in [-0.2, 0) is 20.0 Å². The minimum atomic E-state index is -3.75. The van der Waals surface area contributed by atoms with Crippen LogP contribution in [0.15, 0.2) is 58.3 Å². The van der Waals surface area contributed by atoms with Gasteiger partial charge in [0, 0.05) is 18.8 Å². The van der Waals surface area contributed by atoms with Gasteiger partial charge < -0.3 is 0 Å². The van der Waals surface area contributed by atoms with Crippen LogP contribution in [0.5, 0.6) is 0 Å². The molecule has 2 aromatic carbocycles. The fourth-order valence-electron chi connectivity index (χ4n) is 3.89. The second-order valence-corrected chi connectivity index (χ2v) is 12.2. The molecule has 3 rings (SSSR count). The van der Waals surface area contributed by atoms with Gasteiger partial charge in [0.15, 0.2) is 0 Å². The summed E-state index contributed by atoms with van der Waals surface area (Å²) in [7, 11) is -7.35. The predicted octanol–water partition coefficient (Wildman–Crippen LogP) is 4.28. The lowest BCUT2D eigenvalue weighted by Gasteiger charge is -2.34. The molecular formula is C22H30N2O4S2. The zero-order chi connectivity index (χ0) is 22.1. The highest BCUT2D eigenvalue weighted by Crippen LogP contribution is 2.27. The first-order chi connectivity index (χ1) is 14.0. The van der Waals surface area contributed by atoms with Gasteiger partial charge in [-0.1, -0.05) is 39.8 Å². The molecule has 1 heterocycles. The summed E-state index contributed by atoms with van der Waals surface area (Å²) in [5.74, 6) is 0.948. The van der Waals surface area contributed by atoms with E-state index in [0.29, 0.717) is 36.5 Å². The molecule has 0 amide bonds. The quantitative estimate of drug-likeness (QED) is 0.712. The van der Waals surface area contributed by atoms with Gasteiger partial charge in [0.2, 0.25) is 10.0 Å². The molecule has 2 unspecified atom stereocenters. The fraction of sp³-hybridized carbons (Fsp3) is 0.455. The van der Waals surface area contributed by atoms with Crippen molar-refractivity contribution in [2.75, 3.05) is 17.8 Å². The maximum atomic E-state index is 13.0. The van der Waals surface area contributed by atoms with Crippen molar-refractivity contribution in [1.29, 1.82) is 0 Å². The molecule has 1 N–H and O–H groups in total. The number of rotatable bonds is 6. The van der Waals surface area contributed by atoms with Gasteiger partial charge >= 0.3 is 0 Å². The molecule has 0 spiro atoms. The van der Waals surface area contributed by atoms with Gasteiger partial charge in [-0.05, 0) is 66.1 Å². The van der Waals surface area contributed by atoms with Crippen molar-refractivity contribution in [3.8, 4) is 0 Å². The van der Waals surface area contributed by atoms with E-state index in [2.05, 4.69) is 18.6 Å². The van der Waals surface area contributed by atoms with Crippen LogP contribution in [0, 0.1) is 11.8 Å². The van der Waals surface area contributed by atoms with E-state index < -0.39 is 20.0 Å². The maximum Gasteiger partial charge on any atom is 0.261 e. The van der Waals surface area contributed by atoms with Crippen LogP contribution in [0.25, 0.3) is 0 Å². The molecule has 2 atom stereocenters. The third-order valence-corrected chi connectivity index (χ3v) is 8.68. The average Bonchev–Trinajstić information content (AvgIpc) is 2.67. The Morgan fingerprint density at radius 1 is 0.833 bits per heavy atom. The average molecular weight is 451 g/mol. The van der Waals surface area contributed by atoms with Gasteiger partial charge in [-0.25, -0.2) is 16.8 Å². The Balaban J connectivity index is 1.76. The molecule has 0 saturated carbocycles. The Labute approximate surface area is 180 Å². The third-order valence-electron chi connectivity index (χ3n) is 5.44. The van der Waals surface area contributed by atoms with Crippen molar-refractivity contribution < 1.29 is 16.8 Å². The van der Waals surface area contributed by atoms with Gasteiger partial charge in [-0.2, -0.15) is 4.31 Å². The summed E-state index contributed by atoms with van der Waals surface area (Å²) in [6.45, 7) is 9.22. The summed E-state index contributed by atoms with van der Waals surface area (Å²) in [5, 5.41) is 0. The van der Waals surface area contributed by atoms with Gasteiger partial charge in [0.25, 0.3) is 10.0 Å². The number of benzene rings is 2. The smallest absolute Gasteiger partial charge is 0.261 e. The number of hydrogen-bond acceptors (Lipinski definition) is 4. The van der Waals surface area contributed by atoms with Crippen LogP contribution in [0.3, 0.4) is 0 Å². The molecule has 1 aliphatic rings. The highest BCUT2D eigenvalue weighted by molar-refractivity contribution is 7.92. The molecular weight excluding hydrogens is 420 g/mol. The van der Waals surface area contributed by atoms with Crippen LogP contribution in [0.1, 0.15) is 45.6 Å². The minimum absolute atomic E-state index is 0.167. The number of hydrogen-bond donors (Lipinski definition) is 1. The second-order valence-electron chi connectivity index (χ2n) is 8.62. The Kier molecular flexibility index (Phi) is 6.60. The van der Waals surface area contributed by atoms with Gasteiger partial charge in [0.05, 0.1) is 9.79 Å². The Morgan fingerprint density at radius 2 is 1.33 bits per heavy atom. The minimum Gasteiger partial charge on any atom is -0.280 e. The maximum absolute atomic E-state index is 13.0. The summed E-state index contributed by atoms with van der Waals surface area (Å²) >= 11 is 0. The summed E-state index contributed by atoms with van der Waals surface area (Å²) < 4.78 is 55.3. The van der Waals surface area contributed by atoms with Gasteiger partial charge in [0.1, 0.15) is 0 Å². The van der Waals surface area contributed by atoms with Crippen LogP contribution in [-0.4, -0.2) is 34.2 Å². The lowest BCUT2D eigenvalue weighted by Crippen LogP contribution is -2.42. The monoisotopic (exact) mass is 450 g/mol. The summed E-state index contributed by atoms with van der Waals surface area (Å²) in [6.07, 6.45) is 1.02. The zero-order valence-corrected chi connectivity index (χ0v) is 19.5. The van der Waals surface area contributed by atoms with Crippen molar-refractivity contribution >= 4 is 25.7 Å². The molecule has 0 aliphatic carbocycles. The highest BCUT2D eigenvalue weighted by atomic mass is 32.2. The van der Waals surface area contributed by atoms with Crippen molar-refractivity contribution in [1.82, 2.24) is 4.31 Å². The van der Waals surface area contributed by atoms with Crippen LogP contribution in [0.4, 0.5) is 5.69 Å². The molecule has 1 aliphatic heterocycles. The van der Waals surface area contributed by atoms with E-state index in [4.69, 9.17) is 0 Å². The molecule has 8 heteroatoms. The number of nitrogens with one attached hydrogen (secondary N) is 1. The molecule has 6 nitrogen and oxygen atoms in total. The number of sulfonamides is 2. The first-order valence-electron chi connectivity index (χ1n) is 10.2. The topological polar surface area (TPSA) is 83.6 Å². The lowest BCUT2D eigenvalue weighted by atomic mass is 9.94. The molecule has 0 radical (unpaired) electrons. The number of anilines is 1. The van der Waals surface area contributed by atoms with E-state index in [-0.39, 0.29) is 9.79 Å². The van der Waals surface area contributed by atoms with E-state index in [1.54, 1.807) is 24.3 Å². The van der Waals surface area contributed by atoms with Crippen molar-refractivity contribution in [2.24, 2.45) is 11.8 Å². The zero-order valence-electron chi connectivity index (χ0n) is 17.9. The lowest BCUT2D eigenvalue weighted by molar-refractivity contribution is 0.222. The van der Waals surface area contributed by atoms with E-state index in [0.717, 1.165) is 12.0 Å². The Bertz CT molecular complexity index is 1070. The van der Waals surface area contributed by atoms with Gasteiger partial charge in [-0.15, -0.1) is 0 Å². The summed E-state index contributed by atoms with van der Waals surface area (Å²) in [6, 6.07) is 12.7. The van der Waals surface area contributed by atoms with E-state index in [1.807, 2.05) is 13.8 Å². The second kappa shape index (κ2) is 8.69. The SMILES string of the molecule is CC1CC(C)CN(S(=O)(=O)c2ccc(NS(=O)(=O)c3ccc(C(C)C)cc3)cc2)C1. The Hall–Kier alpha value is -1.90. The summed E-state index contributed by atoms with van der Waals surface area (Å²) in [5.41, 5.74) is 1.38. The van der Waals surface area contributed by atoms with Crippen molar-refractivity contribution in [3.05, 3.63) is 54.1 Å². The molecule has 30 heavy (non-hydrogen) atoms. The largest absolute Gasteiger partial charge is 0.280 e. The van der Waals surface area contributed by atoms with E-state index >= 15 is 0 Å². The van der Waals surface area contributed by atoms with Crippen LogP contribution >= 0.6 is 0 Å². The van der Waals surface area contributed by atoms with Crippen molar-refractivity contribution in [3.63, 3.8) is 0 Å². The molecule has 164 valence electrons. The molecule has 2 aromatic rings. The van der Waals surface area contributed by atoms with Crippen LogP contribution in [0.2, 0.25) is 0 Å². The number of nitrogens with zero attached hydrogens (tertiary/aromatic N) is 1. The standard InChI is InChI=1S/C22H30N2O4S2/c1-16(2)19-5-9-21(10-6-19)29(25,26)23-20-7-11-22(12-8-20)30(27,28)24-14-17(3)13-18(4)15-24/h5-12,16-18,23H,13-15H2,1-4H3. The first kappa shape index (κ1) is 22.8. The van der Waals surface area contributed by atoms with Crippen molar-refractivity contribution in [2.45, 2.75) is 49.8 Å². The number of piperidine rings is 1. The first-order valence-corrected chi connectivity index (χ1v) is 13.1. The van der Waals surface area contributed by atoms with Crippen LogP contribution < -0.4 is 4.72 Å². The molecule has 0 aromatic heterocycles. The van der Waals surface area contributed by atoms with E-state index in [1.165, 1.54) is 28.6 Å². The Morgan fingerprint density at radius 3 is 1.83 bits per heavy atom.